The van der Waals surface area contributed by atoms with Crippen molar-refractivity contribution in [2.45, 2.75) is 46.0 Å². The molecular formula is C12H21NOS. The van der Waals surface area contributed by atoms with Gasteiger partial charge in [-0.15, -0.1) is 0 Å². The van der Waals surface area contributed by atoms with Crippen LogP contribution in [0.1, 0.15) is 51.0 Å². The van der Waals surface area contributed by atoms with Crippen LogP contribution in [0.15, 0.2) is 10.6 Å². The Bertz CT molecular complexity index is 270. The monoisotopic (exact) mass is 227 g/mol. The Balaban J connectivity index is 2.20. The lowest BCUT2D eigenvalue weighted by molar-refractivity contribution is 0.378. The van der Waals surface area contributed by atoms with Crippen LogP contribution in [0.2, 0.25) is 0 Å². The Morgan fingerprint density at radius 1 is 1.40 bits per heavy atom. The van der Waals surface area contributed by atoms with Crippen LogP contribution < -0.4 is 0 Å². The highest BCUT2D eigenvalue weighted by molar-refractivity contribution is 7.99. The quantitative estimate of drug-likeness (QED) is 0.661. The molecule has 0 aliphatic carbocycles. The topological polar surface area (TPSA) is 26.0 Å². The molecule has 86 valence electrons. The van der Waals surface area contributed by atoms with Crippen LogP contribution in [-0.2, 0) is 6.42 Å². The number of rotatable bonds is 7. The number of aryl methyl sites for hydroxylation is 1. The Morgan fingerprint density at radius 2 is 2.20 bits per heavy atom. The van der Waals surface area contributed by atoms with Gasteiger partial charge in [0.25, 0.3) is 0 Å². The maximum atomic E-state index is 5.27. The molecule has 1 rings (SSSR count). The number of hydrogen-bond donors (Lipinski definition) is 0. The predicted octanol–water partition coefficient (Wildman–Crippen LogP) is 3.87. The van der Waals surface area contributed by atoms with Crippen molar-refractivity contribution in [3.8, 4) is 0 Å². The van der Waals surface area contributed by atoms with E-state index in [0.717, 1.165) is 23.6 Å². The second-order valence-electron chi connectivity index (χ2n) is 4.09. The van der Waals surface area contributed by atoms with Gasteiger partial charge in [-0.3, -0.25) is 0 Å². The Kier molecular flexibility index (Phi) is 5.84. The molecule has 0 atom stereocenters. The van der Waals surface area contributed by atoms with Crippen LogP contribution in [0, 0.1) is 0 Å². The van der Waals surface area contributed by atoms with E-state index in [-0.39, 0.29) is 0 Å². The maximum Gasteiger partial charge on any atom is 0.137 e. The predicted molar refractivity (Wildman–Crippen MR) is 66.5 cm³/mol. The normalized spacial score (nSPS) is 11.2. The molecule has 0 saturated heterocycles. The molecule has 0 aromatic carbocycles. The number of nitrogens with zero attached hydrogens (tertiary/aromatic N) is 1. The highest BCUT2D eigenvalue weighted by atomic mass is 32.2. The molecule has 0 aliphatic rings. The second-order valence-corrected chi connectivity index (χ2v) is 5.31. The summed E-state index contributed by atoms with van der Waals surface area (Å²) in [6.45, 7) is 6.50. The van der Waals surface area contributed by atoms with Crippen molar-refractivity contribution in [2.75, 3.05) is 11.5 Å². The lowest BCUT2D eigenvalue weighted by Gasteiger charge is -1.97. The van der Waals surface area contributed by atoms with Gasteiger partial charge in [0.2, 0.25) is 0 Å². The van der Waals surface area contributed by atoms with Crippen molar-refractivity contribution < 1.29 is 4.52 Å². The first-order chi connectivity index (χ1) is 7.24. The summed E-state index contributed by atoms with van der Waals surface area (Å²) in [5.41, 5.74) is 1.07. The van der Waals surface area contributed by atoms with Crippen molar-refractivity contribution in [2.24, 2.45) is 0 Å². The number of thioether (sulfide) groups is 1. The van der Waals surface area contributed by atoms with Gasteiger partial charge in [-0.2, -0.15) is 11.8 Å². The standard InChI is InChI=1S/C12H21NOS/c1-4-5-7-15-8-6-11-9-12(10(2)3)13-14-11/h9-10H,4-8H2,1-3H3. The van der Waals surface area contributed by atoms with Crippen molar-refractivity contribution >= 4 is 11.8 Å². The third-order valence-corrected chi connectivity index (χ3v) is 3.37. The molecule has 0 spiro atoms. The summed E-state index contributed by atoms with van der Waals surface area (Å²) in [5, 5.41) is 4.05. The Hall–Kier alpha value is -0.440. The molecule has 1 heterocycles. The minimum absolute atomic E-state index is 0.468. The van der Waals surface area contributed by atoms with Crippen LogP contribution in [0.25, 0.3) is 0 Å². The van der Waals surface area contributed by atoms with Crippen LogP contribution in [0.5, 0.6) is 0 Å². The zero-order valence-corrected chi connectivity index (χ0v) is 10.8. The van der Waals surface area contributed by atoms with Gasteiger partial charge in [-0.25, -0.2) is 0 Å². The molecule has 15 heavy (non-hydrogen) atoms. The van der Waals surface area contributed by atoms with E-state index in [2.05, 4.69) is 32.0 Å². The molecule has 0 saturated carbocycles. The van der Waals surface area contributed by atoms with Crippen LogP contribution >= 0.6 is 11.8 Å². The third-order valence-electron chi connectivity index (χ3n) is 2.30. The first-order valence-corrected chi connectivity index (χ1v) is 6.92. The third kappa shape index (κ3) is 4.74. The van der Waals surface area contributed by atoms with Crippen LogP contribution in [0.3, 0.4) is 0 Å². The largest absolute Gasteiger partial charge is 0.361 e. The van der Waals surface area contributed by atoms with Gasteiger partial charge in [0.15, 0.2) is 0 Å². The summed E-state index contributed by atoms with van der Waals surface area (Å²) in [6, 6.07) is 2.09. The maximum absolute atomic E-state index is 5.27. The van der Waals surface area contributed by atoms with E-state index in [9.17, 15) is 0 Å². The Labute approximate surface area is 96.8 Å². The SMILES string of the molecule is CCCCSCCc1cc(C(C)C)no1. The van der Waals surface area contributed by atoms with Gasteiger partial charge in [-0.1, -0.05) is 32.3 Å². The van der Waals surface area contributed by atoms with E-state index in [1.165, 1.54) is 18.6 Å². The van der Waals surface area contributed by atoms with Gasteiger partial charge in [0.05, 0.1) is 5.69 Å². The summed E-state index contributed by atoms with van der Waals surface area (Å²) in [5.74, 6) is 3.91. The van der Waals surface area contributed by atoms with Gasteiger partial charge in [0.1, 0.15) is 5.76 Å². The van der Waals surface area contributed by atoms with Gasteiger partial charge in [0, 0.05) is 18.2 Å². The first kappa shape index (κ1) is 12.6. The summed E-state index contributed by atoms with van der Waals surface area (Å²) in [4.78, 5) is 0. The first-order valence-electron chi connectivity index (χ1n) is 5.77. The molecule has 0 fully saturated rings. The molecule has 0 unspecified atom stereocenters. The summed E-state index contributed by atoms with van der Waals surface area (Å²) in [7, 11) is 0. The molecule has 1 aromatic heterocycles. The summed E-state index contributed by atoms with van der Waals surface area (Å²) in [6.07, 6.45) is 3.61. The molecular weight excluding hydrogens is 206 g/mol. The summed E-state index contributed by atoms with van der Waals surface area (Å²) >= 11 is 2.00. The van der Waals surface area contributed by atoms with Gasteiger partial charge in [-0.05, 0) is 18.1 Å². The van der Waals surface area contributed by atoms with Gasteiger partial charge < -0.3 is 4.52 Å². The zero-order valence-electron chi connectivity index (χ0n) is 9.95. The summed E-state index contributed by atoms with van der Waals surface area (Å²) < 4.78 is 5.27. The average molecular weight is 227 g/mol. The Morgan fingerprint density at radius 3 is 2.80 bits per heavy atom. The van der Waals surface area contributed by atoms with E-state index >= 15 is 0 Å². The van der Waals surface area contributed by atoms with Crippen LogP contribution in [0.4, 0.5) is 0 Å². The van der Waals surface area contributed by atoms with Crippen molar-refractivity contribution in [1.82, 2.24) is 5.16 Å². The molecule has 0 N–H and O–H groups in total. The number of unbranched alkanes of at least 4 members (excludes halogenated alkanes) is 1. The highest BCUT2D eigenvalue weighted by Crippen LogP contribution is 2.15. The van der Waals surface area contributed by atoms with E-state index in [4.69, 9.17) is 4.52 Å². The number of aromatic nitrogens is 1. The second kappa shape index (κ2) is 6.94. The van der Waals surface area contributed by atoms with E-state index in [1.807, 2.05) is 11.8 Å². The fraction of sp³-hybridized carbons (Fsp3) is 0.750. The lowest BCUT2D eigenvalue weighted by Crippen LogP contribution is -1.88. The molecule has 0 radical (unpaired) electrons. The van der Waals surface area contributed by atoms with Crippen LogP contribution in [-0.4, -0.2) is 16.7 Å². The molecule has 0 amide bonds. The fourth-order valence-electron chi connectivity index (χ4n) is 1.24. The average Bonchev–Trinajstić information content (AvgIpc) is 2.66. The smallest absolute Gasteiger partial charge is 0.137 e. The number of hydrogen-bond acceptors (Lipinski definition) is 3. The van der Waals surface area contributed by atoms with E-state index in [1.54, 1.807) is 0 Å². The van der Waals surface area contributed by atoms with Crippen molar-refractivity contribution in [3.63, 3.8) is 0 Å². The molecule has 1 aromatic rings. The lowest BCUT2D eigenvalue weighted by atomic mass is 10.1. The molecule has 0 aliphatic heterocycles. The molecule has 3 heteroatoms. The van der Waals surface area contributed by atoms with Gasteiger partial charge >= 0.3 is 0 Å². The van der Waals surface area contributed by atoms with E-state index < -0.39 is 0 Å². The fourth-order valence-corrected chi connectivity index (χ4v) is 2.28. The van der Waals surface area contributed by atoms with Crippen molar-refractivity contribution in [3.05, 3.63) is 17.5 Å². The highest BCUT2D eigenvalue weighted by Gasteiger charge is 2.06. The van der Waals surface area contributed by atoms with E-state index in [0.29, 0.717) is 5.92 Å². The zero-order chi connectivity index (χ0) is 11.1. The molecule has 0 bridgehead atoms. The molecule has 2 nitrogen and oxygen atoms in total. The minimum Gasteiger partial charge on any atom is -0.361 e. The van der Waals surface area contributed by atoms with Crippen molar-refractivity contribution in [1.29, 1.82) is 0 Å². The minimum atomic E-state index is 0.468.